The van der Waals surface area contributed by atoms with Gasteiger partial charge in [-0.25, -0.2) is 9.78 Å². The maximum atomic E-state index is 12.6. The largest absolute Gasteiger partial charge is 0.350 e. The Morgan fingerprint density at radius 3 is 2.54 bits per heavy atom. The Hall–Kier alpha value is -2.83. The first-order chi connectivity index (χ1) is 12.3. The zero-order valence-corrected chi connectivity index (χ0v) is 15.9. The molecule has 0 aliphatic rings. The zero-order chi connectivity index (χ0) is 19.0. The fourth-order valence-electron chi connectivity index (χ4n) is 3.22. The van der Waals surface area contributed by atoms with Gasteiger partial charge >= 0.3 is 5.69 Å². The molecule has 1 unspecified atom stereocenters. The molecule has 0 saturated carbocycles. The highest BCUT2D eigenvalue weighted by molar-refractivity contribution is 5.80. The number of nitrogens with zero attached hydrogens (tertiary/aromatic N) is 4. The molecule has 138 valence electrons. The van der Waals surface area contributed by atoms with E-state index in [-0.39, 0.29) is 23.6 Å². The lowest BCUT2D eigenvalue weighted by Gasteiger charge is -2.18. The first kappa shape index (κ1) is 18.0. The number of hydrogen-bond donors (Lipinski definition) is 1. The van der Waals surface area contributed by atoms with Gasteiger partial charge in [0.2, 0.25) is 5.91 Å². The topological polar surface area (TPSA) is 73.8 Å². The predicted octanol–water partition coefficient (Wildman–Crippen LogP) is 2.07. The summed E-state index contributed by atoms with van der Waals surface area (Å²) in [4.78, 5) is 28.9. The molecule has 1 atom stereocenters. The minimum absolute atomic E-state index is 0.0591. The van der Waals surface area contributed by atoms with E-state index in [1.807, 2.05) is 35.9 Å². The van der Waals surface area contributed by atoms with Crippen molar-refractivity contribution in [3.63, 3.8) is 0 Å². The molecule has 1 N–H and O–H groups in total. The molecule has 0 bridgehead atoms. The summed E-state index contributed by atoms with van der Waals surface area (Å²) in [5.41, 5.74) is 2.63. The summed E-state index contributed by atoms with van der Waals surface area (Å²) in [6.45, 7) is 6.40. The molecule has 0 radical (unpaired) electrons. The standard InChI is InChI=1S/C19H25N5O2/c1-12(2)17-20-8-9-24(17)13(3)18(25)21-11-14-6-7-15-16(10-14)23(5)19(26)22(15)4/h6-10,12-13H,11H2,1-5H3,(H,21,25). The highest BCUT2D eigenvalue weighted by Gasteiger charge is 2.19. The van der Waals surface area contributed by atoms with E-state index in [1.54, 1.807) is 29.4 Å². The molecular formula is C19H25N5O2. The van der Waals surface area contributed by atoms with Crippen LogP contribution in [0.1, 0.15) is 44.1 Å². The van der Waals surface area contributed by atoms with Gasteiger partial charge in [-0.3, -0.25) is 13.9 Å². The molecule has 1 aromatic carbocycles. The fraction of sp³-hybridized carbons (Fsp3) is 0.421. The highest BCUT2D eigenvalue weighted by Crippen LogP contribution is 2.18. The summed E-state index contributed by atoms with van der Waals surface area (Å²) in [6.07, 6.45) is 3.56. The monoisotopic (exact) mass is 355 g/mol. The van der Waals surface area contributed by atoms with Gasteiger partial charge in [-0.05, 0) is 24.6 Å². The van der Waals surface area contributed by atoms with Gasteiger partial charge in [0.05, 0.1) is 11.0 Å². The summed E-state index contributed by atoms with van der Waals surface area (Å²) in [5.74, 6) is 1.09. The molecule has 0 aliphatic heterocycles. The third-order valence-electron chi connectivity index (χ3n) is 4.81. The Morgan fingerprint density at radius 1 is 1.15 bits per heavy atom. The number of benzene rings is 1. The Bertz CT molecular complexity index is 1010. The number of amides is 1. The molecule has 7 nitrogen and oxygen atoms in total. The van der Waals surface area contributed by atoms with Gasteiger partial charge in [0, 0.05) is 39.0 Å². The van der Waals surface area contributed by atoms with Gasteiger partial charge in [-0.15, -0.1) is 0 Å². The average Bonchev–Trinajstić information content (AvgIpc) is 3.20. The number of rotatable bonds is 5. The third kappa shape index (κ3) is 3.05. The van der Waals surface area contributed by atoms with E-state index in [0.717, 1.165) is 22.4 Å². The SMILES string of the molecule is CC(C)c1nccn1C(C)C(=O)NCc1ccc2c(c1)n(C)c(=O)n2C. The zero-order valence-electron chi connectivity index (χ0n) is 15.9. The second kappa shape index (κ2) is 6.82. The van der Waals surface area contributed by atoms with Crippen LogP contribution >= 0.6 is 0 Å². The van der Waals surface area contributed by atoms with E-state index in [4.69, 9.17) is 0 Å². The van der Waals surface area contributed by atoms with Gasteiger partial charge in [-0.1, -0.05) is 19.9 Å². The number of aryl methyl sites for hydroxylation is 2. The van der Waals surface area contributed by atoms with Gasteiger partial charge < -0.3 is 9.88 Å². The molecule has 0 saturated heterocycles. The Kier molecular flexibility index (Phi) is 4.71. The van der Waals surface area contributed by atoms with Gasteiger partial charge in [0.25, 0.3) is 0 Å². The molecule has 2 heterocycles. The van der Waals surface area contributed by atoms with Crippen LogP contribution in [0.5, 0.6) is 0 Å². The normalized spacial score (nSPS) is 12.7. The Morgan fingerprint density at radius 2 is 1.85 bits per heavy atom. The van der Waals surface area contributed by atoms with E-state index in [9.17, 15) is 9.59 Å². The van der Waals surface area contributed by atoms with Crippen LogP contribution in [0.25, 0.3) is 11.0 Å². The minimum Gasteiger partial charge on any atom is -0.350 e. The van der Waals surface area contributed by atoms with E-state index < -0.39 is 0 Å². The van der Waals surface area contributed by atoms with Gasteiger partial charge in [-0.2, -0.15) is 0 Å². The van der Waals surface area contributed by atoms with Crippen molar-refractivity contribution < 1.29 is 4.79 Å². The van der Waals surface area contributed by atoms with Crippen LogP contribution in [0.3, 0.4) is 0 Å². The number of fused-ring (bicyclic) bond motifs is 1. The molecular weight excluding hydrogens is 330 g/mol. The van der Waals surface area contributed by atoms with Crippen LogP contribution in [0.2, 0.25) is 0 Å². The summed E-state index contributed by atoms with van der Waals surface area (Å²) in [5, 5.41) is 2.98. The molecule has 3 rings (SSSR count). The molecule has 0 aliphatic carbocycles. The van der Waals surface area contributed by atoms with E-state index >= 15 is 0 Å². The second-order valence-corrected chi connectivity index (χ2v) is 6.96. The summed E-state index contributed by atoms with van der Waals surface area (Å²) >= 11 is 0. The Balaban J connectivity index is 1.75. The van der Waals surface area contributed by atoms with Crippen molar-refractivity contribution in [1.29, 1.82) is 0 Å². The number of carbonyl (C=O) groups excluding carboxylic acids is 1. The lowest BCUT2D eigenvalue weighted by molar-refractivity contribution is -0.124. The van der Waals surface area contributed by atoms with E-state index in [1.165, 1.54) is 0 Å². The van der Waals surface area contributed by atoms with Crippen LogP contribution < -0.4 is 11.0 Å². The number of nitrogens with one attached hydrogen (secondary N) is 1. The Labute approximate surface area is 152 Å². The van der Waals surface area contributed by atoms with Crippen LogP contribution in [-0.2, 0) is 25.4 Å². The summed E-state index contributed by atoms with van der Waals surface area (Å²) in [6, 6.07) is 5.45. The molecule has 0 fully saturated rings. The number of carbonyl (C=O) groups is 1. The highest BCUT2D eigenvalue weighted by atomic mass is 16.2. The molecule has 1 amide bonds. The van der Waals surface area contributed by atoms with Crippen molar-refractivity contribution in [1.82, 2.24) is 24.0 Å². The van der Waals surface area contributed by atoms with Gasteiger partial charge in [0.15, 0.2) is 0 Å². The summed E-state index contributed by atoms with van der Waals surface area (Å²) in [7, 11) is 3.51. The lowest BCUT2D eigenvalue weighted by atomic mass is 10.1. The number of hydrogen-bond acceptors (Lipinski definition) is 3. The van der Waals surface area contributed by atoms with Crippen molar-refractivity contribution in [2.24, 2.45) is 14.1 Å². The van der Waals surface area contributed by atoms with Crippen molar-refractivity contribution in [2.45, 2.75) is 39.3 Å². The molecule has 0 spiro atoms. The third-order valence-corrected chi connectivity index (χ3v) is 4.81. The molecule has 26 heavy (non-hydrogen) atoms. The first-order valence-corrected chi connectivity index (χ1v) is 8.76. The van der Waals surface area contributed by atoms with Crippen molar-refractivity contribution in [2.75, 3.05) is 0 Å². The van der Waals surface area contributed by atoms with Crippen LogP contribution in [0, 0.1) is 0 Å². The maximum absolute atomic E-state index is 12.6. The second-order valence-electron chi connectivity index (χ2n) is 6.96. The van der Waals surface area contributed by atoms with Gasteiger partial charge in [0.1, 0.15) is 11.9 Å². The van der Waals surface area contributed by atoms with E-state index in [0.29, 0.717) is 6.54 Å². The van der Waals surface area contributed by atoms with Crippen LogP contribution in [0.15, 0.2) is 35.4 Å². The smallest absolute Gasteiger partial charge is 0.328 e. The van der Waals surface area contributed by atoms with Crippen molar-refractivity contribution in [3.05, 3.63) is 52.5 Å². The first-order valence-electron chi connectivity index (χ1n) is 8.76. The van der Waals surface area contributed by atoms with Crippen LogP contribution in [-0.4, -0.2) is 24.6 Å². The number of imidazole rings is 2. The maximum Gasteiger partial charge on any atom is 0.328 e. The minimum atomic E-state index is -0.334. The van der Waals surface area contributed by atoms with Crippen molar-refractivity contribution >= 4 is 16.9 Å². The quantitative estimate of drug-likeness (QED) is 0.761. The predicted molar refractivity (Wildman–Crippen MR) is 101 cm³/mol. The van der Waals surface area contributed by atoms with Crippen molar-refractivity contribution in [3.8, 4) is 0 Å². The molecule has 2 aromatic heterocycles. The molecule has 3 aromatic rings. The fourth-order valence-corrected chi connectivity index (χ4v) is 3.22. The van der Waals surface area contributed by atoms with E-state index in [2.05, 4.69) is 24.1 Å². The lowest BCUT2D eigenvalue weighted by Crippen LogP contribution is -2.31. The molecule has 7 heteroatoms. The summed E-state index contributed by atoms with van der Waals surface area (Å²) < 4.78 is 5.14. The average molecular weight is 355 g/mol. The number of aromatic nitrogens is 4. The van der Waals surface area contributed by atoms with Crippen LogP contribution in [0.4, 0.5) is 0 Å².